The Balaban J connectivity index is 4.20. The van der Waals surface area contributed by atoms with E-state index in [-0.39, 0.29) is 0 Å². The van der Waals surface area contributed by atoms with E-state index < -0.39 is 0 Å². The van der Waals surface area contributed by atoms with Gasteiger partial charge in [0, 0.05) is 6.04 Å². The summed E-state index contributed by atoms with van der Waals surface area (Å²) in [5.74, 6) is 1.67. The van der Waals surface area contributed by atoms with Crippen LogP contribution in [0, 0.1) is 17.3 Å². The molecule has 0 aliphatic rings. The van der Waals surface area contributed by atoms with Crippen LogP contribution in [0.5, 0.6) is 0 Å². The Morgan fingerprint density at radius 1 is 0.944 bits per heavy atom. The van der Waals surface area contributed by atoms with Crippen molar-refractivity contribution >= 4 is 0 Å². The lowest BCUT2D eigenvalue weighted by Gasteiger charge is -2.28. The van der Waals surface area contributed by atoms with Gasteiger partial charge in [0.05, 0.1) is 0 Å². The van der Waals surface area contributed by atoms with Gasteiger partial charge in [-0.2, -0.15) is 0 Å². The first-order valence-corrected chi connectivity index (χ1v) is 8.01. The maximum absolute atomic E-state index is 3.75. The fourth-order valence-electron chi connectivity index (χ4n) is 2.88. The number of hydrogen-bond acceptors (Lipinski definition) is 1. The molecule has 0 amide bonds. The summed E-state index contributed by atoms with van der Waals surface area (Å²) in [5.41, 5.74) is 0.463. The molecule has 18 heavy (non-hydrogen) atoms. The molecule has 3 atom stereocenters. The van der Waals surface area contributed by atoms with Crippen molar-refractivity contribution in [2.45, 2.75) is 86.6 Å². The van der Waals surface area contributed by atoms with Crippen molar-refractivity contribution in [1.82, 2.24) is 5.32 Å². The zero-order valence-corrected chi connectivity index (χ0v) is 14.0. The molecule has 0 aliphatic carbocycles. The molecule has 1 heteroatoms. The van der Waals surface area contributed by atoms with Crippen LogP contribution in [0.2, 0.25) is 0 Å². The Labute approximate surface area is 116 Å². The van der Waals surface area contributed by atoms with Crippen LogP contribution in [0.25, 0.3) is 0 Å². The summed E-state index contributed by atoms with van der Waals surface area (Å²) in [6, 6.07) is 0.720. The van der Waals surface area contributed by atoms with Gasteiger partial charge in [0.2, 0.25) is 0 Å². The predicted octanol–water partition coefficient (Wildman–Crippen LogP) is 5.25. The first-order valence-electron chi connectivity index (χ1n) is 8.01. The summed E-state index contributed by atoms with van der Waals surface area (Å²) in [6.45, 7) is 17.6. The average molecular weight is 255 g/mol. The van der Waals surface area contributed by atoms with Crippen molar-refractivity contribution in [3.8, 4) is 0 Å². The third-order valence-corrected chi connectivity index (χ3v) is 3.71. The lowest BCUT2D eigenvalue weighted by Crippen LogP contribution is -2.33. The van der Waals surface area contributed by atoms with Gasteiger partial charge in [0.25, 0.3) is 0 Å². The molecule has 1 N–H and O–H groups in total. The molecule has 0 saturated heterocycles. The second-order valence-corrected chi connectivity index (χ2v) is 7.51. The maximum Gasteiger partial charge on any atom is 0.00721 e. The van der Waals surface area contributed by atoms with E-state index >= 15 is 0 Å². The van der Waals surface area contributed by atoms with E-state index in [1.165, 1.54) is 38.6 Å². The lowest BCUT2D eigenvalue weighted by molar-refractivity contribution is 0.260. The fourth-order valence-corrected chi connectivity index (χ4v) is 2.88. The molecule has 3 unspecified atom stereocenters. The predicted molar refractivity (Wildman–Crippen MR) is 84.0 cm³/mol. The third-order valence-electron chi connectivity index (χ3n) is 3.71. The highest BCUT2D eigenvalue weighted by atomic mass is 14.9. The summed E-state index contributed by atoms with van der Waals surface area (Å²) in [7, 11) is 0. The normalized spacial score (nSPS) is 17.5. The number of hydrogen-bond donors (Lipinski definition) is 1. The fraction of sp³-hybridized carbons (Fsp3) is 1.00. The Morgan fingerprint density at radius 2 is 1.50 bits per heavy atom. The van der Waals surface area contributed by atoms with Crippen LogP contribution >= 0.6 is 0 Å². The van der Waals surface area contributed by atoms with Crippen LogP contribution in [0.4, 0.5) is 0 Å². The van der Waals surface area contributed by atoms with E-state index in [4.69, 9.17) is 0 Å². The molecule has 0 rings (SSSR count). The van der Waals surface area contributed by atoms with E-state index in [2.05, 4.69) is 53.8 Å². The smallest absolute Gasteiger partial charge is 0.00721 e. The molecule has 0 aromatic heterocycles. The Hall–Kier alpha value is -0.0400. The molecule has 0 saturated carbocycles. The molecule has 110 valence electrons. The molecule has 1 nitrogen and oxygen atoms in total. The Bertz CT molecular complexity index is 192. The van der Waals surface area contributed by atoms with Gasteiger partial charge in [-0.05, 0) is 49.5 Å². The van der Waals surface area contributed by atoms with Crippen molar-refractivity contribution in [3.63, 3.8) is 0 Å². The Morgan fingerprint density at radius 3 is 1.94 bits per heavy atom. The molecule has 0 fully saturated rings. The summed E-state index contributed by atoms with van der Waals surface area (Å²) < 4.78 is 0. The molecule has 0 aliphatic heterocycles. The third kappa shape index (κ3) is 9.94. The van der Waals surface area contributed by atoms with Crippen LogP contribution in [-0.2, 0) is 0 Å². The highest BCUT2D eigenvalue weighted by Crippen LogP contribution is 2.28. The highest BCUT2D eigenvalue weighted by Gasteiger charge is 2.19. The van der Waals surface area contributed by atoms with Crippen molar-refractivity contribution in [3.05, 3.63) is 0 Å². The molecule has 0 bridgehead atoms. The number of nitrogens with one attached hydrogen (secondary N) is 1. The van der Waals surface area contributed by atoms with Crippen LogP contribution in [0.15, 0.2) is 0 Å². The van der Waals surface area contributed by atoms with Gasteiger partial charge in [-0.1, -0.05) is 54.9 Å². The summed E-state index contributed by atoms with van der Waals surface area (Å²) >= 11 is 0. The van der Waals surface area contributed by atoms with Gasteiger partial charge in [-0.25, -0.2) is 0 Å². The topological polar surface area (TPSA) is 12.0 Å². The monoisotopic (exact) mass is 255 g/mol. The van der Waals surface area contributed by atoms with Gasteiger partial charge in [0.1, 0.15) is 0 Å². The van der Waals surface area contributed by atoms with Crippen molar-refractivity contribution < 1.29 is 0 Å². The van der Waals surface area contributed by atoms with Gasteiger partial charge in [-0.15, -0.1) is 0 Å². The van der Waals surface area contributed by atoms with Gasteiger partial charge < -0.3 is 5.32 Å². The lowest BCUT2D eigenvalue weighted by atomic mass is 9.81. The largest absolute Gasteiger partial charge is 0.314 e. The van der Waals surface area contributed by atoms with Crippen molar-refractivity contribution in [2.75, 3.05) is 6.54 Å². The summed E-state index contributed by atoms with van der Waals surface area (Å²) in [6.07, 6.45) is 6.55. The minimum atomic E-state index is 0.463. The molecule has 0 aromatic carbocycles. The maximum atomic E-state index is 3.75. The molecule has 0 spiro atoms. The van der Waals surface area contributed by atoms with E-state index in [1.54, 1.807) is 0 Å². The van der Waals surface area contributed by atoms with Crippen LogP contribution in [0.1, 0.15) is 80.6 Å². The van der Waals surface area contributed by atoms with Crippen LogP contribution < -0.4 is 5.32 Å². The first-order chi connectivity index (χ1) is 8.28. The molecular formula is C17H37N. The van der Waals surface area contributed by atoms with E-state index in [0.717, 1.165) is 17.9 Å². The number of rotatable bonds is 9. The Kier molecular flexibility index (Phi) is 8.94. The van der Waals surface area contributed by atoms with E-state index in [9.17, 15) is 0 Å². The molecule has 0 heterocycles. The van der Waals surface area contributed by atoms with Crippen molar-refractivity contribution in [2.24, 2.45) is 17.3 Å². The first kappa shape index (κ1) is 18.0. The SMILES string of the molecule is CCCNC(CC(C)CC)CC(C)CC(C)(C)C. The zero-order chi connectivity index (χ0) is 14.2. The van der Waals surface area contributed by atoms with E-state index in [0.29, 0.717) is 5.41 Å². The molecular weight excluding hydrogens is 218 g/mol. The standard InChI is InChI=1S/C17H37N/c1-8-10-18-16(11-14(3)9-2)12-15(4)13-17(5,6)7/h14-16,18H,8-13H2,1-7H3. The summed E-state index contributed by atoms with van der Waals surface area (Å²) in [5, 5.41) is 3.75. The summed E-state index contributed by atoms with van der Waals surface area (Å²) in [4.78, 5) is 0. The van der Waals surface area contributed by atoms with Gasteiger partial charge in [-0.3, -0.25) is 0 Å². The zero-order valence-electron chi connectivity index (χ0n) is 14.0. The van der Waals surface area contributed by atoms with Gasteiger partial charge >= 0.3 is 0 Å². The highest BCUT2D eigenvalue weighted by molar-refractivity contribution is 4.75. The van der Waals surface area contributed by atoms with Gasteiger partial charge in [0.15, 0.2) is 0 Å². The molecule has 0 radical (unpaired) electrons. The van der Waals surface area contributed by atoms with Crippen molar-refractivity contribution in [1.29, 1.82) is 0 Å². The second-order valence-electron chi connectivity index (χ2n) is 7.51. The minimum absolute atomic E-state index is 0.463. The van der Waals surface area contributed by atoms with Crippen LogP contribution in [0.3, 0.4) is 0 Å². The molecule has 0 aromatic rings. The van der Waals surface area contributed by atoms with Crippen LogP contribution in [-0.4, -0.2) is 12.6 Å². The van der Waals surface area contributed by atoms with E-state index in [1.807, 2.05) is 0 Å². The quantitative estimate of drug-likeness (QED) is 0.593. The average Bonchev–Trinajstić information content (AvgIpc) is 2.22. The second kappa shape index (κ2) is 8.96. The minimum Gasteiger partial charge on any atom is -0.314 e.